The molecule has 0 saturated carbocycles. The van der Waals surface area contributed by atoms with E-state index in [2.05, 4.69) is 16.0 Å². The Morgan fingerprint density at radius 1 is 1.11 bits per heavy atom. The fraction of sp³-hybridized carbons (Fsp3) is 0.176. The molecule has 0 aliphatic rings. The fourth-order valence-electron chi connectivity index (χ4n) is 1.62. The Kier molecular flexibility index (Phi) is 9.49. The molecule has 146 valence electrons. The van der Waals surface area contributed by atoms with Gasteiger partial charge >= 0.3 is 5.97 Å². The van der Waals surface area contributed by atoms with Crippen LogP contribution >= 0.6 is 23.2 Å². The molecule has 0 aliphatic carbocycles. The monoisotopic (exact) mass is 418 g/mol. The number of hydrazine groups is 1. The average molecular weight is 419 g/mol. The molecule has 0 atom stereocenters. The molecular weight excluding hydrogens is 401 g/mol. The van der Waals surface area contributed by atoms with Crippen molar-refractivity contribution in [3.05, 3.63) is 58.1 Å². The van der Waals surface area contributed by atoms with Gasteiger partial charge in [0.15, 0.2) is 0 Å². The molecule has 0 spiro atoms. The number of nitrogens with zero attached hydrogens (tertiary/aromatic N) is 1. The zero-order chi connectivity index (χ0) is 20.4. The molecule has 0 saturated heterocycles. The second kappa shape index (κ2) is 11.3. The van der Waals surface area contributed by atoms with E-state index in [-0.39, 0.29) is 23.7 Å². The lowest BCUT2D eigenvalue weighted by molar-refractivity contribution is -0.135. The third-order valence-electron chi connectivity index (χ3n) is 2.93. The maximum Gasteiger partial charge on any atom is 0.354 e. The van der Waals surface area contributed by atoms with E-state index in [9.17, 15) is 13.6 Å². The molecule has 0 radical (unpaired) electrons. The number of hydrogen-bond donors (Lipinski definition) is 3. The molecule has 2 rings (SSSR count). The Labute approximate surface area is 165 Å². The average Bonchev–Trinajstić information content (AvgIpc) is 2.64. The molecule has 0 aliphatic heterocycles. The van der Waals surface area contributed by atoms with E-state index in [1.54, 1.807) is 6.92 Å². The molecule has 2 aromatic rings. The Morgan fingerprint density at radius 3 is 2.11 bits per heavy atom. The summed E-state index contributed by atoms with van der Waals surface area (Å²) < 4.78 is 30.5. The standard InChI is InChI=1S/C11H12ClFN2O2.C6H6ClFN2/c1-3-17-11(16)7(2)14-15-10-6-8(12)4-5-9(10)13;7-4-1-2-5(8)6(3-4)10-9/h4-6,15H,3H2,1-2H3;1-3,10H,9H2. The number of anilines is 2. The van der Waals surface area contributed by atoms with Gasteiger partial charge in [-0.1, -0.05) is 23.2 Å². The number of hydrazone groups is 1. The first-order valence-electron chi connectivity index (χ1n) is 7.62. The summed E-state index contributed by atoms with van der Waals surface area (Å²) in [6.07, 6.45) is 0. The van der Waals surface area contributed by atoms with E-state index >= 15 is 0 Å². The van der Waals surface area contributed by atoms with E-state index in [0.717, 1.165) is 0 Å². The number of carbonyl (C=O) groups is 1. The lowest BCUT2D eigenvalue weighted by Crippen LogP contribution is -2.15. The molecule has 4 N–H and O–H groups in total. The van der Waals surface area contributed by atoms with Crippen molar-refractivity contribution < 1.29 is 18.3 Å². The molecule has 0 aromatic heterocycles. The van der Waals surface area contributed by atoms with Crippen molar-refractivity contribution in [2.24, 2.45) is 10.9 Å². The molecule has 0 heterocycles. The second-order valence-electron chi connectivity index (χ2n) is 4.92. The van der Waals surface area contributed by atoms with Crippen LogP contribution < -0.4 is 16.7 Å². The van der Waals surface area contributed by atoms with E-state index < -0.39 is 17.6 Å². The number of nitrogens with two attached hydrogens (primary N) is 1. The SMILES string of the molecule is CCOC(=O)C(C)=NNc1cc(Cl)ccc1F.NNc1cc(Cl)ccc1F. The Bertz CT molecular complexity index is 820. The Hall–Kier alpha value is -2.42. The highest BCUT2D eigenvalue weighted by atomic mass is 35.5. The quantitative estimate of drug-likeness (QED) is 0.286. The van der Waals surface area contributed by atoms with E-state index in [1.165, 1.54) is 43.3 Å². The van der Waals surface area contributed by atoms with Crippen molar-refractivity contribution in [2.45, 2.75) is 13.8 Å². The smallest absolute Gasteiger partial charge is 0.354 e. The first-order valence-corrected chi connectivity index (χ1v) is 8.38. The van der Waals surface area contributed by atoms with Gasteiger partial charge in [-0.15, -0.1) is 0 Å². The van der Waals surface area contributed by atoms with Gasteiger partial charge in [0.25, 0.3) is 0 Å². The first-order chi connectivity index (χ1) is 12.8. The van der Waals surface area contributed by atoms with Crippen LogP contribution in [-0.4, -0.2) is 18.3 Å². The Balaban J connectivity index is 0.000000309. The zero-order valence-corrected chi connectivity index (χ0v) is 16.0. The molecule has 10 heteroatoms. The Morgan fingerprint density at radius 2 is 1.63 bits per heavy atom. The lowest BCUT2D eigenvalue weighted by Gasteiger charge is -2.04. The van der Waals surface area contributed by atoms with Crippen LogP contribution in [0.3, 0.4) is 0 Å². The number of nitrogen functional groups attached to an aromatic ring is 1. The number of esters is 1. The maximum absolute atomic E-state index is 13.3. The summed E-state index contributed by atoms with van der Waals surface area (Å²) in [7, 11) is 0. The van der Waals surface area contributed by atoms with Crippen LogP contribution in [0, 0.1) is 11.6 Å². The summed E-state index contributed by atoms with van der Waals surface area (Å²) in [6.45, 7) is 3.42. The van der Waals surface area contributed by atoms with Gasteiger partial charge in [0, 0.05) is 10.0 Å². The summed E-state index contributed by atoms with van der Waals surface area (Å²) in [5, 5.41) is 4.53. The molecule has 0 unspecified atom stereocenters. The number of hydrogen-bond acceptors (Lipinski definition) is 6. The minimum atomic E-state index is -0.553. The highest BCUT2D eigenvalue weighted by Crippen LogP contribution is 2.19. The fourth-order valence-corrected chi connectivity index (χ4v) is 1.96. The van der Waals surface area contributed by atoms with Crippen LogP contribution in [0.1, 0.15) is 13.8 Å². The van der Waals surface area contributed by atoms with Gasteiger partial charge in [0.05, 0.1) is 18.0 Å². The van der Waals surface area contributed by atoms with Crippen molar-refractivity contribution in [1.82, 2.24) is 0 Å². The van der Waals surface area contributed by atoms with Crippen molar-refractivity contribution in [2.75, 3.05) is 17.5 Å². The van der Waals surface area contributed by atoms with Crippen LogP contribution in [0.4, 0.5) is 20.2 Å². The van der Waals surface area contributed by atoms with E-state index in [4.69, 9.17) is 33.8 Å². The topological polar surface area (TPSA) is 88.7 Å². The molecule has 27 heavy (non-hydrogen) atoms. The van der Waals surface area contributed by atoms with Gasteiger partial charge in [-0.05, 0) is 50.2 Å². The summed E-state index contributed by atoms with van der Waals surface area (Å²) in [5.74, 6) is 3.50. The van der Waals surface area contributed by atoms with Crippen LogP contribution in [0.5, 0.6) is 0 Å². The number of ether oxygens (including phenoxy) is 1. The summed E-state index contributed by atoms with van der Waals surface area (Å²) in [6, 6.07) is 8.12. The number of rotatable bonds is 5. The van der Waals surface area contributed by atoms with Gasteiger partial charge in [0.2, 0.25) is 0 Å². The van der Waals surface area contributed by atoms with Crippen molar-refractivity contribution in [3.63, 3.8) is 0 Å². The number of halogens is 4. The van der Waals surface area contributed by atoms with Gasteiger partial charge in [-0.3, -0.25) is 11.3 Å². The molecule has 0 fully saturated rings. The molecule has 0 amide bonds. The summed E-state index contributed by atoms with van der Waals surface area (Å²) >= 11 is 11.2. The van der Waals surface area contributed by atoms with Crippen LogP contribution in [0.25, 0.3) is 0 Å². The van der Waals surface area contributed by atoms with Crippen LogP contribution in [-0.2, 0) is 9.53 Å². The van der Waals surface area contributed by atoms with E-state index in [0.29, 0.717) is 10.0 Å². The third-order valence-corrected chi connectivity index (χ3v) is 3.40. The van der Waals surface area contributed by atoms with Gasteiger partial charge in [-0.25, -0.2) is 13.6 Å². The highest BCUT2D eigenvalue weighted by Gasteiger charge is 2.07. The lowest BCUT2D eigenvalue weighted by atomic mass is 10.3. The maximum atomic E-state index is 13.3. The first kappa shape index (κ1) is 22.6. The highest BCUT2D eigenvalue weighted by molar-refractivity contribution is 6.35. The molecular formula is C17H18Cl2F2N4O2. The van der Waals surface area contributed by atoms with Crippen LogP contribution in [0.15, 0.2) is 41.5 Å². The van der Waals surface area contributed by atoms with E-state index in [1.807, 2.05) is 0 Å². The summed E-state index contributed by atoms with van der Waals surface area (Å²) in [4.78, 5) is 11.2. The number of carbonyl (C=O) groups excluding carboxylic acids is 1. The largest absolute Gasteiger partial charge is 0.461 e. The third kappa shape index (κ3) is 7.78. The minimum absolute atomic E-state index is 0.0983. The zero-order valence-electron chi connectivity index (χ0n) is 14.5. The molecule has 0 bridgehead atoms. The number of nitrogens with one attached hydrogen (secondary N) is 2. The van der Waals surface area contributed by atoms with Gasteiger partial charge < -0.3 is 10.2 Å². The predicted octanol–water partition coefficient (Wildman–Crippen LogP) is 4.59. The minimum Gasteiger partial charge on any atom is -0.461 e. The van der Waals surface area contributed by atoms with Crippen molar-refractivity contribution in [1.29, 1.82) is 0 Å². The second-order valence-corrected chi connectivity index (χ2v) is 5.80. The number of benzene rings is 2. The molecule has 6 nitrogen and oxygen atoms in total. The summed E-state index contributed by atoms with van der Waals surface area (Å²) in [5.41, 5.74) is 5.00. The van der Waals surface area contributed by atoms with Crippen molar-refractivity contribution >= 4 is 46.3 Å². The molecule has 2 aromatic carbocycles. The van der Waals surface area contributed by atoms with Gasteiger partial charge in [0.1, 0.15) is 17.3 Å². The normalized spacial score (nSPS) is 10.6. The van der Waals surface area contributed by atoms with Crippen LogP contribution in [0.2, 0.25) is 10.0 Å². The predicted molar refractivity (Wildman–Crippen MR) is 104 cm³/mol. The van der Waals surface area contributed by atoms with Crippen molar-refractivity contribution in [3.8, 4) is 0 Å². The van der Waals surface area contributed by atoms with Gasteiger partial charge in [-0.2, -0.15) is 5.10 Å².